The highest BCUT2D eigenvalue weighted by atomic mass is 15.5. The van der Waals surface area contributed by atoms with Crippen LogP contribution in [0.15, 0.2) is 6.33 Å². The fourth-order valence-corrected chi connectivity index (χ4v) is 2.22. The smallest absolute Gasteiger partial charge is 0.169 e. The molecule has 6 heteroatoms. The van der Waals surface area contributed by atoms with Crippen molar-refractivity contribution < 1.29 is 0 Å². The molecule has 0 atom stereocenters. The minimum atomic E-state index is 0.633. The lowest BCUT2D eigenvalue weighted by Gasteiger charge is -2.24. The number of aromatic nitrogens is 2. The highest BCUT2D eigenvalue weighted by Gasteiger charge is 2.16. The zero-order valence-electron chi connectivity index (χ0n) is 11.2. The van der Waals surface area contributed by atoms with Crippen LogP contribution in [0, 0.1) is 0 Å². The predicted octanol–water partition coefficient (Wildman–Crippen LogP) is 1.33. The number of nitrogens with zero attached hydrogens (tertiary/aromatic N) is 4. The van der Waals surface area contributed by atoms with E-state index in [1.165, 1.54) is 25.7 Å². The van der Waals surface area contributed by atoms with Crippen LogP contribution in [0.5, 0.6) is 0 Å². The zero-order valence-corrected chi connectivity index (χ0v) is 11.2. The first kappa shape index (κ1) is 12.9. The second-order valence-corrected chi connectivity index (χ2v) is 4.87. The maximum atomic E-state index is 6.16. The predicted molar refractivity (Wildman–Crippen MR) is 74.4 cm³/mol. The summed E-state index contributed by atoms with van der Waals surface area (Å²) >= 11 is 0. The normalized spacial score (nSPS) is 16.7. The van der Waals surface area contributed by atoms with Crippen LogP contribution in [0.4, 0.5) is 17.3 Å². The van der Waals surface area contributed by atoms with E-state index in [0.29, 0.717) is 11.5 Å². The molecule has 18 heavy (non-hydrogen) atoms. The van der Waals surface area contributed by atoms with Crippen molar-refractivity contribution in [1.82, 2.24) is 15.0 Å². The standard InChI is InChI=1S/C12H22N6/c1-17(2)16-11-10(13)12(15-9-14-11)18-7-5-3-4-6-8-18/h9H,3-8,13H2,1-2H3,(H,14,15,16). The van der Waals surface area contributed by atoms with Crippen LogP contribution in [0.25, 0.3) is 0 Å². The van der Waals surface area contributed by atoms with E-state index in [1.54, 1.807) is 6.33 Å². The lowest BCUT2D eigenvalue weighted by molar-refractivity contribution is 0.492. The average molecular weight is 250 g/mol. The van der Waals surface area contributed by atoms with Gasteiger partial charge in [0.25, 0.3) is 0 Å². The Kier molecular flexibility index (Phi) is 4.19. The summed E-state index contributed by atoms with van der Waals surface area (Å²) < 4.78 is 0. The van der Waals surface area contributed by atoms with Crippen LogP contribution >= 0.6 is 0 Å². The molecule has 2 heterocycles. The van der Waals surface area contributed by atoms with Gasteiger partial charge in [-0.05, 0) is 12.8 Å². The van der Waals surface area contributed by atoms with Crippen molar-refractivity contribution in [3.63, 3.8) is 0 Å². The van der Waals surface area contributed by atoms with E-state index in [-0.39, 0.29) is 0 Å². The molecule has 0 aromatic carbocycles. The van der Waals surface area contributed by atoms with E-state index in [9.17, 15) is 0 Å². The lowest BCUT2D eigenvalue weighted by Crippen LogP contribution is -2.27. The van der Waals surface area contributed by atoms with Gasteiger partial charge in [0.05, 0.1) is 0 Å². The molecule has 0 amide bonds. The van der Waals surface area contributed by atoms with Crippen molar-refractivity contribution in [2.75, 3.05) is 43.2 Å². The highest BCUT2D eigenvalue weighted by Crippen LogP contribution is 2.27. The van der Waals surface area contributed by atoms with Gasteiger partial charge in [-0.25, -0.2) is 15.0 Å². The molecule has 1 aliphatic rings. The Hall–Kier alpha value is -1.56. The maximum Gasteiger partial charge on any atom is 0.169 e. The summed E-state index contributed by atoms with van der Waals surface area (Å²) in [5.74, 6) is 1.53. The number of nitrogen functional groups attached to an aromatic ring is 1. The first-order valence-electron chi connectivity index (χ1n) is 6.48. The Balaban J connectivity index is 2.21. The summed E-state index contributed by atoms with van der Waals surface area (Å²) in [5, 5.41) is 1.82. The molecule has 6 nitrogen and oxygen atoms in total. The summed E-state index contributed by atoms with van der Waals surface area (Å²) in [6.07, 6.45) is 6.58. The number of nitrogens with one attached hydrogen (secondary N) is 1. The Bertz CT molecular complexity index is 384. The van der Waals surface area contributed by atoms with Crippen molar-refractivity contribution in [2.45, 2.75) is 25.7 Å². The average Bonchev–Trinajstić information content (AvgIpc) is 2.60. The molecule has 0 aliphatic carbocycles. The van der Waals surface area contributed by atoms with Crippen LogP contribution < -0.4 is 16.1 Å². The summed E-state index contributed by atoms with van der Waals surface area (Å²) in [4.78, 5) is 10.8. The fourth-order valence-electron chi connectivity index (χ4n) is 2.22. The molecule has 1 saturated heterocycles. The number of nitrogens with two attached hydrogens (primary N) is 1. The first-order valence-corrected chi connectivity index (χ1v) is 6.48. The van der Waals surface area contributed by atoms with Gasteiger partial charge in [-0.1, -0.05) is 12.8 Å². The number of hydrogen-bond donors (Lipinski definition) is 2. The van der Waals surface area contributed by atoms with E-state index in [4.69, 9.17) is 5.73 Å². The molecule has 0 radical (unpaired) electrons. The van der Waals surface area contributed by atoms with Crippen LogP contribution in [0.2, 0.25) is 0 Å². The van der Waals surface area contributed by atoms with Gasteiger partial charge in [-0.2, -0.15) is 0 Å². The number of hydrogen-bond acceptors (Lipinski definition) is 6. The molecule has 100 valence electrons. The Morgan fingerprint density at radius 1 is 1.17 bits per heavy atom. The second kappa shape index (κ2) is 5.86. The maximum absolute atomic E-state index is 6.16. The van der Waals surface area contributed by atoms with E-state index in [1.807, 2.05) is 19.1 Å². The molecule has 2 rings (SSSR count). The van der Waals surface area contributed by atoms with Gasteiger partial charge in [0.2, 0.25) is 0 Å². The molecule has 0 bridgehead atoms. The van der Waals surface area contributed by atoms with Gasteiger partial charge in [-0.3, -0.25) is 0 Å². The van der Waals surface area contributed by atoms with Crippen LogP contribution in [-0.4, -0.2) is 42.2 Å². The van der Waals surface area contributed by atoms with E-state index < -0.39 is 0 Å². The molecule has 0 unspecified atom stereocenters. The van der Waals surface area contributed by atoms with Gasteiger partial charge in [0.15, 0.2) is 11.6 Å². The molecule has 3 N–H and O–H groups in total. The second-order valence-electron chi connectivity index (χ2n) is 4.87. The molecule has 1 aliphatic heterocycles. The van der Waals surface area contributed by atoms with Crippen molar-refractivity contribution in [3.8, 4) is 0 Å². The third kappa shape index (κ3) is 3.01. The largest absolute Gasteiger partial charge is 0.393 e. The summed E-state index contributed by atoms with van der Waals surface area (Å²) in [7, 11) is 3.82. The Morgan fingerprint density at radius 2 is 1.83 bits per heavy atom. The van der Waals surface area contributed by atoms with Gasteiger partial charge < -0.3 is 16.1 Å². The molecule has 0 saturated carbocycles. The van der Waals surface area contributed by atoms with E-state index in [2.05, 4.69) is 20.3 Å². The number of hydrazine groups is 1. The zero-order chi connectivity index (χ0) is 13.0. The van der Waals surface area contributed by atoms with Gasteiger partial charge in [0.1, 0.15) is 12.0 Å². The first-order chi connectivity index (χ1) is 8.68. The van der Waals surface area contributed by atoms with Crippen molar-refractivity contribution in [2.24, 2.45) is 0 Å². The lowest BCUT2D eigenvalue weighted by atomic mass is 10.2. The van der Waals surface area contributed by atoms with E-state index >= 15 is 0 Å². The van der Waals surface area contributed by atoms with Crippen LogP contribution in [0.1, 0.15) is 25.7 Å². The molecule has 0 spiro atoms. The Labute approximate surface area is 108 Å². The third-order valence-electron chi connectivity index (χ3n) is 3.10. The quantitative estimate of drug-likeness (QED) is 0.789. The minimum Gasteiger partial charge on any atom is -0.393 e. The molecule has 1 aromatic rings. The van der Waals surface area contributed by atoms with Gasteiger partial charge >= 0.3 is 0 Å². The molecule has 1 aromatic heterocycles. The van der Waals surface area contributed by atoms with Crippen molar-refractivity contribution in [1.29, 1.82) is 0 Å². The monoisotopic (exact) mass is 250 g/mol. The number of rotatable bonds is 3. The van der Waals surface area contributed by atoms with Gasteiger partial charge in [0, 0.05) is 27.2 Å². The SMILES string of the molecule is CN(C)Nc1ncnc(N2CCCCCC2)c1N. The summed E-state index contributed by atoms with van der Waals surface area (Å²) in [5.41, 5.74) is 9.89. The molecular formula is C12H22N6. The van der Waals surface area contributed by atoms with E-state index in [0.717, 1.165) is 18.9 Å². The molecule has 1 fully saturated rings. The minimum absolute atomic E-state index is 0.633. The van der Waals surface area contributed by atoms with Crippen molar-refractivity contribution >= 4 is 17.3 Å². The summed E-state index contributed by atoms with van der Waals surface area (Å²) in [6.45, 7) is 2.06. The highest BCUT2D eigenvalue weighted by molar-refractivity contribution is 5.74. The van der Waals surface area contributed by atoms with Crippen molar-refractivity contribution in [3.05, 3.63) is 6.33 Å². The summed E-state index contributed by atoms with van der Waals surface area (Å²) in [6, 6.07) is 0. The van der Waals surface area contributed by atoms with Gasteiger partial charge in [-0.15, -0.1) is 0 Å². The van der Waals surface area contributed by atoms with Crippen LogP contribution in [-0.2, 0) is 0 Å². The van der Waals surface area contributed by atoms with Crippen LogP contribution in [0.3, 0.4) is 0 Å². The fraction of sp³-hybridized carbons (Fsp3) is 0.667. The number of anilines is 3. The topological polar surface area (TPSA) is 70.3 Å². The molecular weight excluding hydrogens is 228 g/mol. The Morgan fingerprint density at radius 3 is 2.44 bits per heavy atom. The third-order valence-corrected chi connectivity index (χ3v) is 3.10.